The fourth-order valence-corrected chi connectivity index (χ4v) is 10.9. The zero-order chi connectivity index (χ0) is 49.3. The molecular formula is C62H68N2O8. The summed E-state index contributed by atoms with van der Waals surface area (Å²) in [6, 6.07) is 48.3. The van der Waals surface area contributed by atoms with E-state index in [9.17, 15) is 9.59 Å². The number of unbranched alkanes of at least 4 members (excludes halogenated alkanes) is 2. The maximum absolute atomic E-state index is 12.2. The van der Waals surface area contributed by atoms with Crippen LogP contribution in [-0.2, 0) is 41.6 Å². The predicted molar refractivity (Wildman–Crippen MR) is 286 cm³/mol. The molecule has 0 bridgehead atoms. The molecule has 0 aliphatic heterocycles. The fourth-order valence-electron chi connectivity index (χ4n) is 10.9. The molecule has 6 aromatic carbocycles. The Balaban J connectivity index is 0.759. The molecule has 374 valence electrons. The van der Waals surface area contributed by atoms with Gasteiger partial charge in [-0.1, -0.05) is 85.6 Å². The van der Waals surface area contributed by atoms with Gasteiger partial charge < -0.3 is 37.6 Å². The molecule has 2 saturated carbocycles. The van der Waals surface area contributed by atoms with E-state index >= 15 is 0 Å². The molecule has 0 N–H and O–H groups in total. The summed E-state index contributed by atoms with van der Waals surface area (Å²) in [6.45, 7) is 6.92. The van der Waals surface area contributed by atoms with Crippen LogP contribution >= 0.6 is 0 Å². The van der Waals surface area contributed by atoms with Crippen LogP contribution < -0.4 is 0 Å². The van der Waals surface area contributed by atoms with Gasteiger partial charge in [-0.15, -0.1) is 0 Å². The number of nitrogens with zero attached hydrogens (tertiary/aromatic N) is 2. The topological polar surface area (TPSA) is 99.4 Å². The Bertz CT molecular complexity index is 2910. The van der Waals surface area contributed by atoms with Crippen molar-refractivity contribution in [2.24, 2.45) is 0 Å². The minimum absolute atomic E-state index is 0.338. The summed E-state index contributed by atoms with van der Waals surface area (Å²) in [5, 5.41) is 4.83. The van der Waals surface area contributed by atoms with E-state index in [1.165, 1.54) is 45.5 Å². The SMILES string of the molecule is CC1(OC(=O)OCCCCOCc2ccc(-n3c4ccccc4c4cc(-c5ccc6c(c5)c5ccccc5n6-c5ccc(COCCCCOC(=O)OC6(C)CCCCC6)cc5)ccc43)cc2)CCCCC1. The first-order chi connectivity index (χ1) is 35.2. The largest absolute Gasteiger partial charge is 0.508 e. The maximum Gasteiger partial charge on any atom is 0.508 e. The number of ether oxygens (including phenoxy) is 6. The average molecular weight is 969 g/mol. The molecule has 2 heterocycles. The highest BCUT2D eigenvalue weighted by molar-refractivity contribution is 6.12. The Hall–Kier alpha value is -6.62. The van der Waals surface area contributed by atoms with E-state index in [1.54, 1.807) is 0 Å². The Morgan fingerprint density at radius 2 is 0.806 bits per heavy atom. The molecule has 8 aromatic rings. The van der Waals surface area contributed by atoms with Crippen LogP contribution in [0.25, 0.3) is 66.1 Å². The Morgan fingerprint density at radius 3 is 1.22 bits per heavy atom. The molecule has 10 heteroatoms. The molecule has 2 fully saturated rings. The number of carbonyl (C=O) groups excluding carboxylic acids is 2. The minimum atomic E-state index is -0.554. The molecule has 10 nitrogen and oxygen atoms in total. The first-order valence-corrected chi connectivity index (χ1v) is 26.4. The molecule has 0 spiro atoms. The number of hydrogen-bond acceptors (Lipinski definition) is 8. The number of benzene rings is 6. The van der Waals surface area contributed by atoms with Crippen molar-refractivity contribution in [1.82, 2.24) is 9.13 Å². The van der Waals surface area contributed by atoms with Crippen LogP contribution in [0.4, 0.5) is 9.59 Å². The van der Waals surface area contributed by atoms with Gasteiger partial charge in [-0.2, -0.15) is 0 Å². The maximum atomic E-state index is 12.2. The summed E-state index contributed by atoms with van der Waals surface area (Å²) in [5.41, 5.74) is 10.6. The van der Waals surface area contributed by atoms with Gasteiger partial charge in [0.15, 0.2) is 0 Å². The van der Waals surface area contributed by atoms with Crippen LogP contribution in [0, 0.1) is 0 Å². The van der Waals surface area contributed by atoms with Gasteiger partial charge in [0.1, 0.15) is 11.2 Å². The summed E-state index contributed by atoms with van der Waals surface area (Å²) in [5.74, 6) is 0. The predicted octanol–water partition coefficient (Wildman–Crippen LogP) is 15.9. The third kappa shape index (κ3) is 11.4. The lowest BCUT2D eigenvalue weighted by Crippen LogP contribution is -2.34. The number of para-hydroxylation sites is 2. The van der Waals surface area contributed by atoms with Gasteiger partial charge in [-0.25, -0.2) is 9.59 Å². The number of rotatable bonds is 19. The molecule has 0 atom stereocenters. The van der Waals surface area contributed by atoms with Gasteiger partial charge in [0, 0.05) is 46.1 Å². The molecule has 10 rings (SSSR count). The lowest BCUT2D eigenvalue weighted by Gasteiger charge is -2.32. The monoisotopic (exact) mass is 968 g/mol. The van der Waals surface area contributed by atoms with Crippen molar-refractivity contribution in [3.05, 3.63) is 145 Å². The van der Waals surface area contributed by atoms with E-state index in [1.807, 2.05) is 13.8 Å². The van der Waals surface area contributed by atoms with Crippen molar-refractivity contribution in [3.8, 4) is 22.5 Å². The zero-order valence-corrected chi connectivity index (χ0v) is 42.0. The molecule has 2 aromatic heterocycles. The fraction of sp³-hybridized carbons (Fsp3) is 0.387. The van der Waals surface area contributed by atoms with Crippen molar-refractivity contribution < 1.29 is 38.0 Å². The first kappa shape index (κ1) is 49.0. The lowest BCUT2D eigenvalue weighted by molar-refractivity contribution is -0.0456. The summed E-state index contributed by atoms with van der Waals surface area (Å²) in [7, 11) is 0. The second kappa shape index (κ2) is 22.4. The molecule has 0 unspecified atom stereocenters. The van der Waals surface area contributed by atoms with E-state index in [-0.39, 0.29) is 11.2 Å². The number of hydrogen-bond donors (Lipinski definition) is 0. The highest BCUT2D eigenvalue weighted by Crippen LogP contribution is 2.39. The normalized spacial score (nSPS) is 15.5. The Morgan fingerprint density at radius 1 is 0.431 bits per heavy atom. The molecule has 2 aliphatic rings. The minimum Gasteiger partial charge on any atom is -0.434 e. The summed E-state index contributed by atoms with van der Waals surface area (Å²) < 4.78 is 38.7. The van der Waals surface area contributed by atoms with Crippen molar-refractivity contribution in [2.75, 3.05) is 26.4 Å². The highest BCUT2D eigenvalue weighted by Gasteiger charge is 2.32. The number of aromatic nitrogens is 2. The number of fused-ring (bicyclic) bond motifs is 6. The van der Waals surface area contributed by atoms with Crippen LogP contribution in [0.1, 0.15) is 115 Å². The third-order valence-electron chi connectivity index (χ3n) is 14.9. The molecular weight excluding hydrogens is 901 g/mol. The third-order valence-corrected chi connectivity index (χ3v) is 14.9. The van der Waals surface area contributed by atoms with Crippen molar-refractivity contribution in [3.63, 3.8) is 0 Å². The molecule has 0 saturated heterocycles. The van der Waals surface area contributed by atoms with Gasteiger partial charge in [-0.3, -0.25) is 0 Å². The summed E-state index contributed by atoms with van der Waals surface area (Å²) >= 11 is 0. The van der Waals surface area contributed by atoms with Crippen molar-refractivity contribution >= 4 is 55.9 Å². The van der Waals surface area contributed by atoms with E-state index in [2.05, 4.69) is 143 Å². The molecule has 0 amide bonds. The summed E-state index contributed by atoms with van der Waals surface area (Å²) in [4.78, 5) is 24.5. The van der Waals surface area contributed by atoms with E-state index in [4.69, 9.17) is 28.4 Å². The van der Waals surface area contributed by atoms with Gasteiger partial charge in [-0.05, 0) is 174 Å². The quantitative estimate of drug-likeness (QED) is 0.0584. The van der Waals surface area contributed by atoms with Crippen molar-refractivity contribution in [2.45, 2.75) is 128 Å². The zero-order valence-electron chi connectivity index (χ0n) is 42.0. The average Bonchev–Trinajstić information content (AvgIpc) is 3.91. The van der Waals surface area contributed by atoms with Crippen LogP contribution in [0.5, 0.6) is 0 Å². The number of carbonyl (C=O) groups is 2. The lowest BCUT2D eigenvalue weighted by atomic mass is 9.86. The summed E-state index contributed by atoms with van der Waals surface area (Å²) in [6.07, 6.45) is 12.4. The second-order valence-corrected chi connectivity index (χ2v) is 20.4. The van der Waals surface area contributed by atoms with E-state index < -0.39 is 12.3 Å². The standard InChI is InChI=1S/C62H68N2O8/c1-61(33-9-3-10-34-61)71-59(65)69-39-15-13-37-67-43-45-21-27-49(28-22-45)63-55-19-7-5-17-51(55)53-41-47(25-31-57(53)63)48-26-32-58-54(42-48)52-18-6-8-20-56(52)64(58)50-29-23-46(24-30-50)44-68-38-14-16-40-70-60(66)72-62(2)35-11-4-12-36-62/h5-8,17-32,41-42H,3-4,9-16,33-40,43-44H2,1-2H3. The van der Waals surface area contributed by atoms with Gasteiger partial charge in [0.2, 0.25) is 0 Å². The Labute approximate surface area is 423 Å². The first-order valence-electron chi connectivity index (χ1n) is 26.4. The second-order valence-electron chi connectivity index (χ2n) is 20.4. The van der Waals surface area contributed by atoms with Gasteiger partial charge in [0.05, 0.1) is 48.5 Å². The molecule has 0 radical (unpaired) electrons. The van der Waals surface area contributed by atoms with Crippen LogP contribution in [0.15, 0.2) is 133 Å². The smallest absolute Gasteiger partial charge is 0.434 e. The van der Waals surface area contributed by atoms with Crippen LogP contribution in [-0.4, -0.2) is 59.1 Å². The van der Waals surface area contributed by atoms with Gasteiger partial charge >= 0.3 is 12.3 Å². The van der Waals surface area contributed by atoms with Crippen LogP contribution in [0.3, 0.4) is 0 Å². The van der Waals surface area contributed by atoms with Crippen molar-refractivity contribution in [1.29, 1.82) is 0 Å². The van der Waals surface area contributed by atoms with Gasteiger partial charge in [0.25, 0.3) is 0 Å². The van der Waals surface area contributed by atoms with Crippen LogP contribution in [0.2, 0.25) is 0 Å². The van der Waals surface area contributed by atoms with E-state index in [0.29, 0.717) is 39.6 Å². The Kier molecular flexibility index (Phi) is 15.3. The molecule has 2 aliphatic carbocycles. The molecule has 72 heavy (non-hydrogen) atoms. The van der Waals surface area contributed by atoms with E-state index in [0.717, 1.165) is 122 Å². The highest BCUT2D eigenvalue weighted by atomic mass is 16.7.